The van der Waals surface area contributed by atoms with E-state index in [1.54, 1.807) is 11.3 Å². The van der Waals surface area contributed by atoms with Gasteiger partial charge in [-0.15, -0.1) is 11.3 Å². The quantitative estimate of drug-likeness (QED) is 0.908. The molecule has 4 nitrogen and oxygen atoms in total. The molecule has 5 heteroatoms. The van der Waals surface area contributed by atoms with E-state index in [9.17, 15) is 4.79 Å². The van der Waals surface area contributed by atoms with Gasteiger partial charge in [0.05, 0.1) is 17.2 Å². The number of carbonyl (C=O) groups excluding carboxylic acids is 1. The van der Waals surface area contributed by atoms with E-state index in [-0.39, 0.29) is 5.91 Å². The third kappa shape index (κ3) is 4.28. The molecule has 0 saturated carbocycles. The maximum absolute atomic E-state index is 11.9. The number of rotatable bonds is 5. The number of thiazole rings is 1. The van der Waals surface area contributed by atoms with Gasteiger partial charge < -0.3 is 10.2 Å². The normalized spacial score (nSPS) is 20.1. The highest BCUT2D eigenvalue weighted by atomic mass is 32.1. The van der Waals surface area contributed by atoms with Crippen LogP contribution >= 0.6 is 11.3 Å². The van der Waals surface area contributed by atoms with E-state index in [0.717, 1.165) is 17.1 Å². The number of likely N-dealkylation sites (tertiary alicyclic amines) is 1. The average molecular weight is 295 g/mol. The van der Waals surface area contributed by atoms with Crippen molar-refractivity contribution in [2.45, 2.75) is 58.5 Å². The number of aromatic nitrogens is 1. The van der Waals surface area contributed by atoms with Crippen LogP contribution in [0.2, 0.25) is 0 Å². The van der Waals surface area contributed by atoms with Crippen molar-refractivity contribution in [3.05, 3.63) is 15.6 Å². The van der Waals surface area contributed by atoms with Crippen LogP contribution < -0.4 is 5.32 Å². The van der Waals surface area contributed by atoms with Gasteiger partial charge >= 0.3 is 0 Å². The summed E-state index contributed by atoms with van der Waals surface area (Å²) in [5, 5.41) is 4.09. The Bertz CT molecular complexity index is 458. The van der Waals surface area contributed by atoms with Gasteiger partial charge in [-0.2, -0.15) is 0 Å². The molecular formula is C15H25N3OS. The zero-order valence-electron chi connectivity index (χ0n) is 12.7. The minimum Gasteiger partial charge on any atom is -0.351 e. The molecule has 1 amide bonds. The van der Waals surface area contributed by atoms with Crippen molar-refractivity contribution in [1.29, 1.82) is 0 Å². The molecule has 1 N–H and O–H groups in total. The van der Waals surface area contributed by atoms with Crippen molar-refractivity contribution in [3.63, 3.8) is 0 Å². The van der Waals surface area contributed by atoms with Gasteiger partial charge in [-0.05, 0) is 46.7 Å². The molecule has 0 unspecified atom stereocenters. The standard InChI is InChI=1S/C15H25N3OS/c1-11-14(20-12(2)17-11)10-16-15(19)8-7-13-6-4-5-9-18(13)3/h13H,4-10H2,1-3H3,(H,16,19)/t13-/m1/s1. The molecule has 1 fully saturated rings. The summed E-state index contributed by atoms with van der Waals surface area (Å²) in [4.78, 5) is 19.9. The first-order valence-electron chi connectivity index (χ1n) is 7.46. The van der Waals surface area contributed by atoms with Gasteiger partial charge in [-0.25, -0.2) is 4.98 Å². The Morgan fingerprint density at radius 2 is 2.25 bits per heavy atom. The average Bonchev–Trinajstić information content (AvgIpc) is 2.74. The molecule has 0 spiro atoms. The predicted octanol–water partition coefficient (Wildman–Crippen LogP) is 2.64. The SMILES string of the molecule is Cc1nc(C)c(CNC(=O)CC[C@H]2CCCCN2C)s1. The van der Waals surface area contributed by atoms with Crippen LogP contribution in [0.15, 0.2) is 0 Å². The van der Waals surface area contributed by atoms with Crippen molar-refractivity contribution in [1.82, 2.24) is 15.2 Å². The highest BCUT2D eigenvalue weighted by Gasteiger charge is 2.19. The number of nitrogens with one attached hydrogen (secondary N) is 1. The summed E-state index contributed by atoms with van der Waals surface area (Å²) in [5.74, 6) is 0.162. The summed E-state index contributed by atoms with van der Waals surface area (Å²) in [6.07, 6.45) is 5.44. The number of nitrogens with zero attached hydrogens (tertiary/aromatic N) is 2. The van der Waals surface area contributed by atoms with Crippen LogP contribution in [0.4, 0.5) is 0 Å². The highest BCUT2D eigenvalue weighted by molar-refractivity contribution is 7.11. The van der Waals surface area contributed by atoms with Crippen molar-refractivity contribution in [3.8, 4) is 0 Å². The Labute approximate surface area is 125 Å². The Morgan fingerprint density at radius 3 is 2.90 bits per heavy atom. The minimum absolute atomic E-state index is 0.162. The fourth-order valence-electron chi connectivity index (χ4n) is 2.81. The third-order valence-electron chi connectivity index (χ3n) is 4.07. The summed E-state index contributed by atoms with van der Waals surface area (Å²) < 4.78 is 0. The second-order valence-corrected chi connectivity index (χ2v) is 6.97. The van der Waals surface area contributed by atoms with Gasteiger partial charge in [0.1, 0.15) is 0 Å². The molecule has 2 rings (SSSR count). The summed E-state index contributed by atoms with van der Waals surface area (Å²) in [7, 11) is 2.17. The van der Waals surface area contributed by atoms with Gasteiger partial charge in [-0.1, -0.05) is 6.42 Å². The lowest BCUT2D eigenvalue weighted by atomic mass is 9.98. The maximum atomic E-state index is 11.9. The maximum Gasteiger partial charge on any atom is 0.220 e. The van der Waals surface area contributed by atoms with Crippen LogP contribution in [0.25, 0.3) is 0 Å². The second-order valence-electron chi connectivity index (χ2n) is 5.69. The molecule has 2 heterocycles. The smallest absolute Gasteiger partial charge is 0.220 e. The molecule has 1 aliphatic rings. The van der Waals surface area contributed by atoms with Crippen LogP contribution in [0.1, 0.15) is 47.7 Å². The number of hydrogen-bond acceptors (Lipinski definition) is 4. The molecule has 1 aromatic heterocycles. The van der Waals surface area contributed by atoms with Crippen molar-refractivity contribution in [2.75, 3.05) is 13.6 Å². The number of aryl methyl sites for hydroxylation is 2. The first-order valence-corrected chi connectivity index (χ1v) is 8.27. The molecule has 112 valence electrons. The van der Waals surface area contributed by atoms with Gasteiger partial charge in [0.15, 0.2) is 0 Å². The Hall–Kier alpha value is -0.940. The fraction of sp³-hybridized carbons (Fsp3) is 0.733. The molecule has 0 aliphatic carbocycles. The molecular weight excluding hydrogens is 270 g/mol. The van der Waals surface area contributed by atoms with Crippen LogP contribution in [0.3, 0.4) is 0 Å². The molecule has 20 heavy (non-hydrogen) atoms. The molecule has 0 radical (unpaired) electrons. The van der Waals surface area contributed by atoms with Gasteiger partial charge in [-0.3, -0.25) is 4.79 Å². The molecule has 1 saturated heterocycles. The van der Waals surface area contributed by atoms with E-state index in [0.29, 0.717) is 19.0 Å². The van der Waals surface area contributed by atoms with Gasteiger partial charge in [0, 0.05) is 17.3 Å². The van der Waals surface area contributed by atoms with Crippen molar-refractivity contribution in [2.24, 2.45) is 0 Å². The summed E-state index contributed by atoms with van der Waals surface area (Å²) in [5.41, 5.74) is 1.04. The Balaban J connectivity index is 1.71. The lowest BCUT2D eigenvalue weighted by Gasteiger charge is -2.32. The molecule has 1 atom stereocenters. The first kappa shape index (κ1) is 15.4. The van der Waals surface area contributed by atoms with E-state index < -0.39 is 0 Å². The number of amides is 1. The number of hydrogen-bond donors (Lipinski definition) is 1. The molecule has 0 aromatic carbocycles. The lowest BCUT2D eigenvalue weighted by Crippen LogP contribution is -2.37. The fourth-order valence-corrected chi connectivity index (χ4v) is 3.69. The largest absolute Gasteiger partial charge is 0.351 e. The number of carbonyl (C=O) groups is 1. The van der Waals surface area contributed by atoms with E-state index in [1.165, 1.54) is 30.7 Å². The third-order valence-corrected chi connectivity index (χ3v) is 5.14. The molecule has 0 bridgehead atoms. The Morgan fingerprint density at radius 1 is 1.45 bits per heavy atom. The van der Waals surface area contributed by atoms with Crippen molar-refractivity contribution < 1.29 is 4.79 Å². The monoisotopic (exact) mass is 295 g/mol. The van der Waals surface area contributed by atoms with Gasteiger partial charge in [0.2, 0.25) is 5.91 Å². The van der Waals surface area contributed by atoms with Crippen LogP contribution in [0, 0.1) is 13.8 Å². The van der Waals surface area contributed by atoms with Crippen molar-refractivity contribution >= 4 is 17.2 Å². The lowest BCUT2D eigenvalue weighted by molar-refractivity contribution is -0.121. The summed E-state index contributed by atoms with van der Waals surface area (Å²) in [6.45, 7) is 5.80. The van der Waals surface area contributed by atoms with E-state index >= 15 is 0 Å². The topological polar surface area (TPSA) is 45.2 Å². The highest BCUT2D eigenvalue weighted by Crippen LogP contribution is 2.19. The van der Waals surface area contributed by atoms with E-state index in [2.05, 4.69) is 22.2 Å². The summed E-state index contributed by atoms with van der Waals surface area (Å²) in [6, 6.07) is 0.585. The van der Waals surface area contributed by atoms with Crippen LogP contribution in [0.5, 0.6) is 0 Å². The molecule has 1 aromatic rings. The Kier molecular flexibility index (Phi) is 5.54. The van der Waals surface area contributed by atoms with E-state index in [4.69, 9.17) is 0 Å². The van der Waals surface area contributed by atoms with Crippen LogP contribution in [-0.2, 0) is 11.3 Å². The van der Waals surface area contributed by atoms with E-state index in [1.807, 2.05) is 13.8 Å². The number of piperidine rings is 1. The second kappa shape index (κ2) is 7.18. The first-order chi connectivity index (χ1) is 9.56. The summed E-state index contributed by atoms with van der Waals surface area (Å²) >= 11 is 1.67. The zero-order chi connectivity index (χ0) is 14.5. The minimum atomic E-state index is 0.162. The zero-order valence-corrected chi connectivity index (χ0v) is 13.6. The predicted molar refractivity (Wildman–Crippen MR) is 82.9 cm³/mol. The van der Waals surface area contributed by atoms with Crippen LogP contribution in [-0.4, -0.2) is 35.4 Å². The van der Waals surface area contributed by atoms with Gasteiger partial charge in [0.25, 0.3) is 0 Å². The molecule has 1 aliphatic heterocycles.